The van der Waals surface area contributed by atoms with Crippen LogP contribution >= 0.6 is 15.9 Å². The van der Waals surface area contributed by atoms with Crippen LogP contribution in [0.2, 0.25) is 0 Å². The van der Waals surface area contributed by atoms with E-state index in [0.29, 0.717) is 0 Å². The van der Waals surface area contributed by atoms with E-state index in [1.165, 1.54) is 12.1 Å². The van der Waals surface area contributed by atoms with Crippen molar-refractivity contribution < 1.29 is 23.5 Å². The van der Waals surface area contributed by atoms with Crippen molar-refractivity contribution in [2.45, 2.75) is 6.92 Å². The van der Waals surface area contributed by atoms with Crippen LogP contribution < -0.4 is 4.90 Å². The van der Waals surface area contributed by atoms with Crippen molar-refractivity contribution in [1.82, 2.24) is 0 Å². The number of hydrogen-bond acceptors (Lipinski definition) is 4. The number of ketones is 1. The quantitative estimate of drug-likeness (QED) is 0.472. The van der Waals surface area contributed by atoms with E-state index in [-0.39, 0.29) is 28.9 Å². The van der Waals surface area contributed by atoms with Crippen LogP contribution in [0.4, 0.5) is 10.1 Å². The first-order valence-corrected chi connectivity index (χ1v) is 6.93. The van der Waals surface area contributed by atoms with E-state index in [1.807, 2.05) is 0 Å². The molecule has 7 heteroatoms. The van der Waals surface area contributed by atoms with Gasteiger partial charge in [-0.1, -0.05) is 6.08 Å². The minimum atomic E-state index is -0.754. The fourth-order valence-electron chi connectivity index (χ4n) is 1.91. The highest BCUT2D eigenvalue weighted by Gasteiger charge is 2.36. The Labute approximate surface area is 128 Å². The highest BCUT2D eigenvalue weighted by atomic mass is 79.9. The number of carbonyl (C=O) groups is 3. The van der Waals surface area contributed by atoms with Gasteiger partial charge in [-0.15, -0.1) is 0 Å². The maximum absolute atomic E-state index is 13.6. The third-order valence-electron chi connectivity index (χ3n) is 2.84. The van der Waals surface area contributed by atoms with Gasteiger partial charge in [0.15, 0.2) is 0 Å². The van der Waals surface area contributed by atoms with Crippen LogP contribution in [-0.4, -0.2) is 30.8 Å². The average Bonchev–Trinajstić information content (AvgIpc) is 2.65. The summed E-state index contributed by atoms with van der Waals surface area (Å²) >= 11 is 2.97. The largest absolute Gasteiger partial charge is 0.463 e. The Balaban J connectivity index is 2.23. The molecule has 0 fully saturated rings. The molecule has 1 aliphatic rings. The molecule has 1 aromatic carbocycles. The van der Waals surface area contributed by atoms with Crippen LogP contribution in [-0.2, 0) is 14.3 Å². The Morgan fingerprint density at radius 3 is 2.81 bits per heavy atom. The van der Waals surface area contributed by atoms with Gasteiger partial charge in [0.1, 0.15) is 5.82 Å². The van der Waals surface area contributed by atoms with Gasteiger partial charge in [-0.2, -0.15) is 0 Å². The summed E-state index contributed by atoms with van der Waals surface area (Å²) in [6, 6.07) is 2.39. The van der Waals surface area contributed by atoms with Crippen LogP contribution in [0.15, 0.2) is 28.8 Å². The predicted molar refractivity (Wildman–Crippen MR) is 76.6 cm³/mol. The summed E-state index contributed by atoms with van der Waals surface area (Å²) in [5.74, 6) is -2.57. The first-order chi connectivity index (χ1) is 9.95. The molecule has 0 spiro atoms. The molecule has 0 bridgehead atoms. The molecule has 1 amide bonds. The SMILES string of the molecule is CCOC(=O)/C=C/CN1C(=O)C(=O)c2cc(Br)c(F)cc21. The normalized spacial score (nSPS) is 14.0. The molecule has 1 aliphatic heterocycles. The third-order valence-corrected chi connectivity index (χ3v) is 3.45. The molecule has 5 nitrogen and oxygen atoms in total. The number of carbonyl (C=O) groups excluding carboxylic acids is 3. The minimum absolute atomic E-state index is 0.0164. The van der Waals surface area contributed by atoms with Crippen LogP contribution in [0.5, 0.6) is 0 Å². The van der Waals surface area contributed by atoms with E-state index < -0.39 is 23.5 Å². The van der Waals surface area contributed by atoms with Crippen molar-refractivity contribution in [1.29, 1.82) is 0 Å². The standard InChI is InChI=1S/C14H11BrFNO4/c1-2-21-12(18)4-3-5-17-11-7-10(16)9(15)6-8(11)13(19)14(17)20/h3-4,6-7H,2,5H2,1H3/b4-3+. The van der Waals surface area contributed by atoms with E-state index in [4.69, 9.17) is 4.74 Å². The first-order valence-electron chi connectivity index (χ1n) is 6.14. The first kappa shape index (κ1) is 15.4. The number of hydrogen-bond donors (Lipinski definition) is 0. The molecular weight excluding hydrogens is 345 g/mol. The monoisotopic (exact) mass is 355 g/mol. The number of esters is 1. The summed E-state index contributed by atoms with van der Waals surface area (Å²) in [6.07, 6.45) is 2.55. The number of halogens is 2. The van der Waals surface area contributed by atoms with Gasteiger partial charge >= 0.3 is 5.97 Å². The summed E-state index contributed by atoms with van der Waals surface area (Å²) in [7, 11) is 0. The third kappa shape index (κ3) is 3.02. The maximum Gasteiger partial charge on any atom is 0.330 e. The number of benzene rings is 1. The molecule has 0 aliphatic carbocycles. The van der Waals surface area contributed by atoms with Crippen molar-refractivity contribution in [3.05, 3.63) is 40.1 Å². The van der Waals surface area contributed by atoms with E-state index in [1.54, 1.807) is 6.92 Å². The van der Waals surface area contributed by atoms with Gasteiger partial charge in [-0.25, -0.2) is 9.18 Å². The molecule has 0 atom stereocenters. The Hall–Kier alpha value is -2.02. The van der Waals surface area contributed by atoms with Crippen LogP contribution in [0.3, 0.4) is 0 Å². The molecule has 0 aromatic heterocycles. The minimum Gasteiger partial charge on any atom is -0.463 e. The molecule has 0 radical (unpaired) electrons. The summed E-state index contributed by atoms with van der Waals surface area (Å²) in [5, 5.41) is 0. The number of nitrogens with zero attached hydrogens (tertiary/aromatic N) is 1. The van der Waals surface area contributed by atoms with Crippen LogP contribution in [0.1, 0.15) is 17.3 Å². The lowest BCUT2D eigenvalue weighted by atomic mass is 10.1. The second-order valence-corrected chi connectivity index (χ2v) is 5.04. The molecule has 2 rings (SSSR count). The smallest absolute Gasteiger partial charge is 0.330 e. The van der Waals surface area contributed by atoms with Gasteiger partial charge < -0.3 is 9.64 Å². The molecule has 0 unspecified atom stereocenters. The number of fused-ring (bicyclic) bond motifs is 1. The zero-order valence-electron chi connectivity index (χ0n) is 11.1. The topological polar surface area (TPSA) is 63.7 Å². The second kappa shape index (κ2) is 6.17. The summed E-state index contributed by atoms with van der Waals surface area (Å²) in [5.41, 5.74) is 0.331. The van der Waals surface area contributed by atoms with E-state index in [2.05, 4.69) is 15.9 Å². The Kier molecular flexibility index (Phi) is 4.52. The molecular formula is C14H11BrFNO4. The highest BCUT2D eigenvalue weighted by Crippen LogP contribution is 2.33. The number of amides is 1. The van der Waals surface area contributed by atoms with Crippen molar-refractivity contribution >= 4 is 39.3 Å². The lowest BCUT2D eigenvalue weighted by molar-refractivity contribution is -0.137. The maximum atomic E-state index is 13.6. The fraction of sp³-hybridized carbons (Fsp3) is 0.214. The molecule has 1 aromatic rings. The Bertz CT molecular complexity index is 657. The number of rotatable bonds is 4. The average molecular weight is 356 g/mol. The van der Waals surface area contributed by atoms with Gasteiger partial charge in [-0.05, 0) is 35.0 Å². The molecule has 0 saturated carbocycles. The molecule has 0 saturated heterocycles. The van der Waals surface area contributed by atoms with E-state index in [9.17, 15) is 18.8 Å². The zero-order valence-corrected chi connectivity index (χ0v) is 12.6. The van der Waals surface area contributed by atoms with Gasteiger partial charge in [0, 0.05) is 12.6 Å². The van der Waals surface area contributed by atoms with Crippen LogP contribution in [0, 0.1) is 5.82 Å². The number of ether oxygens (including phenoxy) is 1. The van der Waals surface area contributed by atoms with Gasteiger partial charge in [0.25, 0.3) is 11.7 Å². The van der Waals surface area contributed by atoms with E-state index in [0.717, 1.165) is 17.0 Å². The lowest BCUT2D eigenvalue weighted by Gasteiger charge is -2.14. The van der Waals surface area contributed by atoms with Crippen LogP contribution in [0.25, 0.3) is 0 Å². The van der Waals surface area contributed by atoms with Crippen molar-refractivity contribution in [3.8, 4) is 0 Å². The molecule has 21 heavy (non-hydrogen) atoms. The van der Waals surface area contributed by atoms with Gasteiger partial charge in [0.2, 0.25) is 0 Å². The summed E-state index contributed by atoms with van der Waals surface area (Å²) in [4.78, 5) is 36.0. The number of Topliss-reactive ketones (excluding diaryl/α,β-unsaturated/α-hetero) is 1. The van der Waals surface area contributed by atoms with Crippen molar-refractivity contribution in [3.63, 3.8) is 0 Å². The molecule has 1 heterocycles. The summed E-state index contributed by atoms with van der Waals surface area (Å²) < 4.78 is 18.4. The van der Waals surface area contributed by atoms with Crippen molar-refractivity contribution in [2.75, 3.05) is 18.1 Å². The molecule has 110 valence electrons. The van der Waals surface area contributed by atoms with Gasteiger partial charge in [0.05, 0.1) is 22.3 Å². The second-order valence-electron chi connectivity index (χ2n) is 4.18. The van der Waals surface area contributed by atoms with Gasteiger partial charge in [-0.3, -0.25) is 9.59 Å². The highest BCUT2D eigenvalue weighted by molar-refractivity contribution is 9.10. The van der Waals surface area contributed by atoms with Crippen molar-refractivity contribution in [2.24, 2.45) is 0 Å². The Morgan fingerprint density at radius 1 is 1.43 bits per heavy atom. The lowest BCUT2D eigenvalue weighted by Crippen LogP contribution is -2.29. The number of anilines is 1. The fourth-order valence-corrected chi connectivity index (χ4v) is 2.26. The Morgan fingerprint density at radius 2 is 2.14 bits per heavy atom. The zero-order chi connectivity index (χ0) is 15.6. The molecule has 0 N–H and O–H groups in total. The predicted octanol–water partition coefficient (Wildman–Crippen LogP) is 2.24. The summed E-state index contributed by atoms with van der Waals surface area (Å²) in [6.45, 7) is 1.90. The van der Waals surface area contributed by atoms with E-state index >= 15 is 0 Å².